The van der Waals surface area contributed by atoms with Crippen LogP contribution in [0.1, 0.15) is 33.6 Å². The van der Waals surface area contributed by atoms with Crippen molar-refractivity contribution in [1.82, 2.24) is 20.3 Å². The summed E-state index contributed by atoms with van der Waals surface area (Å²) in [5, 5.41) is 5.72. The summed E-state index contributed by atoms with van der Waals surface area (Å²) in [4.78, 5) is 24.6. The molecule has 1 aromatic carbocycles. The number of anilines is 2. The molecule has 37 heavy (non-hydrogen) atoms. The largest absolute Gasteiger partial charge is 0.453 e. The van der Waals surface area contributed by atoms with Gasteiger partial charge in [-0.25, -0.2) is 32.6 Å². The Labute approximate surface area is 219 Å². The van der Waals surface area contributed by atoms with Gasteiger partial charge in [0.05, 0.1) is 19.1 Å². The third kappa shape index (κ3) is 7.29. The molecule has 0 aliphatic carbocycles. The van der Waals surface area contributed by atoms with Gasteiger partial charge >= 0.3 is 6.09 Å². The average Bonchev–Trinajstić information content (AvgIpc) is 3.25. The second-order valence-electron chi connectivity index (χ2n) is 9.32. The molecule has 2 heterocycles. The van der Waals surface area contributed by atoms with Crippen molar-refractivity contribution in [3.05, 3.63) is 41.1 Å². The van der Waals surface area contributed by atoms with Crippen LogP contribution in [0.5, 0.6) is 0 Å². The summed E-state index contributed by atoms with van der Waals surface area (Å²) in [7, 11) is -2.51. The van der Waals surface area contributed by atoms with E-state index in [1.807, 2.05) is 20.8 Å². The number of halogens is 2. The van der Waals surface area contributed by atoms with Crippen molar-refractivity contribution in [2.75, 3.05) is 29.9 Å². The lowest BCUT2D eigenvalue weighted by Crippen LogP contribution is -2.37. The Kier molecular flexibility index (Phi) is 8.28. The fourth-order valence-electron chi connectivity index (χ4n) is 3.16. The summed E-state index contributed by atoms with van der Waals surface area (Å²) < 4.78 is 51.8. The summed E-state index contributed by atoms with van der Waals surface area (Å²) in [6.07, 6.45) is 1.82. The number of nitrogens with one attached hydrogen (secondary N) is 3. The molecule has 0 unspecified atom stereocenters. The van der Waals surface area contributed by atoms with Crippen LogP contribution in [0.2, 0.25) is 5.02 Å². The van der Waals surface area contributed by atoms with Crippen LogP contribution in [0.15, 0.2) is 28.8 Å². The minimum atomic E-state index is -3.78. The summed E-state index contributed by atoms with van der Waals surface area (Å²) in [5.74, 6) is -0.206. The van der Waals surface area contributed by atoms with Gasteiger partial charge in [0.2, 0.25) is 21.9 Å². The van der Waals surface area contributed by atoms with E-state index in [2.05, 4.69) is 35.0 Å². The van der Waals surface area contributed by atoms with Gasteiger partial charge in [-0.1, -0.05) is 32.4 Å². The van der Waals surface area contributed by atoms with Gasteiger partial charge in [-0.15, -0.1) is 0 Å². The molecule has 0 saturated carbocycles. The highest BCUT2D eigenvalue weighted by Gasteiger charge is 2.28. The minimum Gasteiger partial charge on any atom is -0.453 e. The number of hydrogen-bond donors (Lipinski definition) is 3. The van der Waals surface area contributed by atoms with Gasteiger partial charge in [0, 0.05) is 34.8 Å². The van der Waals surface area contributed by atoms with Crippen molar-refractivity contribution in [2.24, 2.45) is 0 Å². The van der Waals surface area contributed by atoms with Crippen LogP contribution >= 0.6 is 11.6 Å². The van der Waals surface area contributed by atoms with Crippen LogP contribution in [0, 0.1) is 5.82 Å². The molecule has 200 valence electrons. The number of nitrogens with zero attached hydrogens (tertiary/aromatic N) is 3. The summed E-state index contributed by atoms with van der Waals surface area (Å²) in [6, 6.07) is 3.77. The molecule has 1 atom stereocenters. The summed E-state index contributed by atoms with van der Waals surface area (Å²) in [5.41, 5.74) is -0.558. The van der Waals surface area contributed by atoms with Gasteiger partial charge in [-0.2, -0.15) is 0 Å². The SMILES string of the molecule is COC(=O)N[C@@H](C)CNc1nccc(-c2oc(C(C)(C)C)nc2-c2cc(Cl)cc(NS(C)(=O)=O)c2F)n1. The number of aromatic nitrogens is 3. The van der Waals surface area contributed by atoms with Crippen LogP contribution in [0.4, 0.5) is 20.8 Å². The van der Waals surface area contributed by atoms with Crippen molar-refractivity contribution in [3.8, 4) is 22.7 Å². The Morgan fingerprint density at radius 3 is 2.59 bits per heavy atom. The first-order chi connectivity index (χ1) is 17.2. The van der Waals surface area contributed by atoms with Gasteiger partial charge in [0.25, 0.3) is 0 Å². The van der Waals surface area contributed by atoms with Crippen molar-refractivity contribution in [3.63, 3.8) is 0 Å². The lowest BCUT2D eigenvalue weighted by atomic mass is 9.97. The topological polar surface area (TPSA) is 148 Å². The quantitative estimate of drug-likeness (QED) is 0.368. The molecule has 0 saturated heterocycles. The monoisotopic (exact) mass is 554 g/mol. The maximum atomic E-state index is 15.5. The summed E-state index contributed by atoms with van der Waals surface area (Å²) >= 11 is 6.20. The van der Waals surface area contributed by atoms with Crippen LogP contribution in [-0.2, 0) is 20.2 Å². The number of amides is 1. The highest BCUT2D eigenvalue weighted by Crippen LogP contribution is 2.39. The van der Waals surface area contributed by atoms with E-state index in [1.165, 1.54) is 25.4 Å². The van der Waals surface area contributed by atoms with E-state index >= 15 is 4.39 Å². The highest BCUT2D eigenvalue weighted by atomic mass is 35.5. The third-order valence-corrected chi connectivity index (χ3v) is 5.67. The fraction of sp³-hybridized carbons (Fsp3) is 0.391. The smallest absolute Gasteiger partial charge is 0.407 e. The van der Waals surface area contributed by atoms with E-state index in [0.717, 1.165) is 6.26 Å². The molecule has 0 spiro atoms. The Morgan fingerprint density at radius 2 is 1.97 bits per heavy atom. The number of benzene rings is 1. The van der Waals surface area contributed by atoms with Gasteiger partial charge < -0.3 is 19.8 Å². The Hall–Kier alpha value is -3.45. The maximum absolute atomic E-state index is 15.5. The maximum Gasteiger partial charge on any atom is 0.407 e. The van der Waals surface area contributed by atoms with Crippen molar-refractivity contribution < 1.29 is 26.8 Å². The molecular formula is C23H28ClFN6O5S. The molecule has 14 heteroatoms. The molecule has 1 amide bonds. The number of carbonyl (C=O) groups is 1. The fourth-order valence-corrected chi connectivity index (χ4v) is 3.92. The van der Waals surface area contributed by atoms with Crippen LogP contribution in [-0.4, -0.2) is 55.4 Å². The first-order valence-electron chi connectivity index (χ1n) is 11.1. The van der Waals surface area contributed by atoms with Crippen LogP contribution in [0.25, 0.3) is 22.7 Å². The standard InChI is InChI=1S/C23H28ClFN6O5S/c1-12(28-22(32)35-5)11-27-21-26-8-7-15(29-21)19-18(30-20(36-19)23(2,3)4)14-9-13(24)10-16(17(14)25)31-37(6,33)34/h7-10,12,31H,11H2,1-6H3,(H,28,32)(H,26,27,29)/t12-/m0/s1. The lowest BCUT2D eigenvalue weighted by molar-refractivity contribution is 0.168. The average molecular weight is 555 g/mol. The van der Waals surface area contributed by atoms with Crippen LogP contribution < -0.4 is 15.4 Å². The Bertz CT molecular complexity index is 1410. The molecule has 0 bridgehead atoms. The lowest BCUT2D eigenvalue weighted by Gasteiger charge is -2.14. The zero-order valence-electron chi connectivity index (χ0n) is 21.1. The molecule has 0 radical (unpaired) electrons. The van der Waals surface area contributed by atoms with Crippen molar-refractivity contribution in [1.29, 1.82) is 0 Å². The normalized spacial score (nSPS) is 12.6. The van der Waals surface area contributed by atoms with E-state index in [-0.39, 0.29) is 39.7 Å². The molecule has 3 aromatic rings. The third-order valence-electron chi connectivity index (χ3n) is 4.86. The van der Waals surface area contributed by atoms with Gasteiger partial charge in [0.1, 0.15) is 11.4 Å². The number of hydrogen-bond acceptors (Lipinski definition) is 9. The van der Waals surface area contributed by atoms with Crippen molar-refractivity contribution >= 4 is 39.4 Å². The van der Waals surface area contributed by atoms with E-state index in [1.54, 1.807) is 13.0 Å². The first-order valence-corrected chi connectivity index (χ1v) is 13.3. The van der Waals surface area contributed by atoms with Crippen molar-refractivity contribution in [2.45, 2.75) is 39.2 Å². The number of sulfonamides is 1. The van der Waals surface area contributed by atoms with Gasteiger partial charge in [-0.05, 0) is 25.1 Å². The number of rotatable bonds is 8. The minimum absolute atomic E-state index is 0.0723. The first kappa shape index (κ1) is 28.1. The molecule has 3 rings (SSSR count). The molecule has 2 aromatic heterocycles. The van der Waals surface area contributed by atoms with Crippen LogP contribution in [0.3, 0.4) is 0 Å². The highest BCUT2D eigenvalue weighted by molar-refractivity contribution is 7.92. The number of oxazole rings is 1. The Balaban J connectivity index is 2.07. The second-order valence-corrected chi connectivity index (χ2v) is 11.5. The predicted octanol–water partition coefficient (Wildman–Crippen LogP) is 4.42. The molecule has 0 aliphatic rings. The second kappa shape index (κ2) is 10.9. The van der Waals surface area contributed by atoms with E-state index in [9.17, 15) is 13.2 Å². The summed E-state index contributed by atoms with van der Waals surface area (Å²) in [6.45, 7) is 7.68. The predicted molar refractivity (Wildman–Crippen MR) is 139 cm³/mol. The molecule has 11 nitrogen and oxygen atoms in total. The molecular weight excluding hydrogens is 527 g/mol. The number of ether oxygens (including phenoxy) is 1. The van der Waals surface area contributed by atoms with E-state index < -0.39 is 27.3 Å². The molecule has 3 N–H and O–H groups in total. The Morgan fingerprint density at radius 1 is 1.27 bits per heavy atom. The molecule has 0 fully saturated rings. The number of alkyl carbamates (subject to hydrolysis) is 1. The van der Waals surface area contributed by atoms with E-state index in [4.69, 9.17) is 16.0 Å². The van der Waals surface area contributed by atoms with Gasteiger partial charge in [-0.3, -0.25) is 4.72 Å². The number of carbonyl (C=O) groups excluding carboxylic acids is 1. The molecule has 0 aliphatic heterocycles. The zero-order valence-corrected chi connectivity index (χ0v) is 22.7. The van der Waals surface area contributed by atoms with E-state index in [0.29, 0.717) is 18.1 Å². The zero-order chi connectivity index (χ0) is 27.5. The van der Waals surface area contributed by atoms with Gasteiger partial charge in [0.15, 0.2) is 11.6 Å². The number of methoxy groups -OCH3 is 1.